The van der Waals surface area contributed by atoms with Gasteiger partial charge in [-0.1, -0.05) is 39.1 Å². The molecule has 21 heavy (non-hydrogen) atoms. The van der Waals surface area contributed by atoms with Crippen LogP contribution in [0.25, 0.3) is 0 Å². The topological polar surface area (TPSA) is 21.3 Å². The second-order valence-electron chi connectivity index (χ2n) is 4.80. The SMILES string of the molecule is Clc1c(Br)ccc(NCC2Cc3cc(Br)ccc3O2)c1Cl. The molecule has 0 amide bonds. The highest BCUT2D eigenvalue weighted by molar-refractivity contribution is 9.10. The summed E-state index contributed by atoms with van der Waals surface area (Å²) < 4.78 is 7.77. The lowest BCUT2D eigenvalue weighted by atomic mass is 10.1. The summed E-state index contributed by atoms with van der Waals surface area (Å²) in [5.74, 6) is 0.949. The van der Waals surface area contributed by atoms with Crippen molar-refractivity contribution in [2.75, 3.05) is 11.9 Å². The third-order valence-corrected chi connectivity index (χ3v) is 5.58. The van der Waals surface area contributed by atoms with Crippen LogP contribution in [0.1, 0.15) is 5.56 Å². The van der Waals surface area contributed by atoms with E-state index in [1.54, 1.807) is 0 Å². The number of benzene rings is 2. The minimum atomic E-state index is 0.0905. The van der Waals surface area contributed by atoms with E-state index < -0.39 is 0 Å². The number of ether oxygens (including phenoxy) is 1. The van der Waals surface area contributed by atoms with E-state index >= 15 is 0 Å². The summed E-state index contributed by atoms with van der Waals surface area (Å²) in [7, 11) is 0. The van der Waals surface area contributed by atoms with Crippen LogP contribution in [0.3, 0.4) is 0 Å². The lowest BCUT2D eigenvalue weighted by molar-refractivity contribution is 0.246. The Morgan fingerprint density at radius 1 is 1.14 bits per heavy atom. The van der Waals surface area contributed by atoms with Crippen LogP contribution in [0.4, 0.5) is 5.69 Å². The molecular weight excluding hydrogens is 441 g/mol. The molecule has 2 nitrogen and oxygen atoms in total. The van der Waals surface area contributed by atoms with Gasteiger partial charge in [-0.2, -0.15) is 0 Å². The van der Waals surface area contributed by atoms with Gasteiger partial charge in [0.1, 0.15) is 11.9 Å². The second kappa shape index (κ2) is 6.37. The average Bonchev–Trinajstić information content (AvgIpc) is 2.86. The molecule has 1 N–H and O–H groups in total. The standard InChI is InChI=1S/C15H11Br2Cl2NO/c16-9-1-4-13-8(5-9)6-10(21-13)7-20-12-3-2-11(17)14(18)15(12)19/h1-5,10,20H,6-7H2. The summed E-state index contributed by atoms with van der Waals surface area (Å²) >= 11 is 19.2. The fourth-order valence-electron chi connectivity index (χ4n) is 2.29. The van der Waals surface area contributed by atoms with Crippen molar-refractivity contribution < 1.29 is 4.74 Å². The summed E-state index contributed by atoms with van der Waals surface area (Å²) in [6.07, 6.45) is 0.969. The molecule has 1 atom stereocenters. The predicted octanol–water partition coefficient (Wildman–Crippen LogP) is 5.93. The van der Waals surface area contributed by atoms with Gasteiger partial charge in [-0.3, -0.25) is 0 Å². The van der Waals surface area contributed by atoms with Gasteiger partial charge in [0.15, 0.2) is 0 Å². The van der Waals surface area contributed by atoms with E-state index in [1.165, 1.54) is 5.56 Å². The van der Waals surface area contributed by atoms with Crippen LogP contribution in [0.2, 0.25) is 10.0 Å². The second-order valence-corrected chi connectivity index (χ2v) is 7.33. The highest BCUT2D eigenvalue weighted by Gasteiger charge is 2.23. The van der Waals surface area contributed by atoms with Crippen LogP contribution in [-0.2, 0) is 6.42 Å². The van der Waals surface area contributed by atoms with E-state index in [0.717, 1.165) is 26.8 Å². The lowest BCUT2D eigenvalue weighted by Crippen LogP contribution is -2.24. The van der Waals surface area contributed by atoms with E-state index in [-0.39, 0.29) is 6.10 Å². The Kier molecular flexibility index (Phi) is 4.69. The molecule has 0 saturated carbocycles. The highest BCUT2D eigenvalue weighted by Crippen LogP contribution is 2.36. The number of rotatable bonds is 3. The van der Waals surface area contributed by atoms with Crippen LogP contribution in [0.5, 0.6) is 5.75 Å². The first kappa shape index (κ1) is 15.5. The number of hydrogen-bond acceptors (Lipinski definition) is 2. The van der Waals surface area contributed by atoms with Gasteiger partial charge in [-0.25, -0.2) is 0 Å². The Hall–Kier alpha value is -0.420. The zero-order valence-corrected chi connectivity index (χ0v) is 15.5. The molecule has 0 aromatic heterocycles. The van der Waals surface area contributed by atoms with Crippen molar-refractivity contribution in [1.29, 1.82) is 0 Å². The summed E-state index contributed by atoms with van der Waals surface area (Å²) in [5.41, 5.74) is 2.03. The van der Waals surface area contributed by atoms with Gasteiger partial charge in [0.25, 0.3) is 0 Å². The van der Waals surface area contributed by atoms with Crippen LogP contribution in [0, 0.1) is 0 Å². The maximum Gasteiger partial charge on any atom is 0.123 e. The maximum absolute atomic E-state index is 6.22. The van der Waals surface area contributed by atoms with Gasteiger partial charge in [0, 0.05) is 15.4 Å². The molecule has 2 aromatic rings. The van der Waals surface area contributed by atoms with Gasteiger partial charge >= 0.3 is 0 Å². The minimum Gasteiger partial charge on any atom is -0.488 e. The molecule has 0 saturated heterocycles. The molecule has 1 aliphatic rings. The summed E-state index contributed by atoms with van der Waals surface area (Å²) in [4.78, 5) is 0. The Morgan fingerprint density at radius 2 is 1.95 bits per heavy atom. The molecule has 0 fully saturated rings. The zero-order valence-electron chi connectivity index (χ0n) is 10.8. The molecule has 0 spiro atoms. The molecule has 2 aromatic carbocycles. The van der Waals surface area contributed by atoms with Crippen molar-refractivity contribution in [2.24, 2.45) is 0 Å². The lowest BCUT2D eigenvalue weighted by Gasteiger charge is -2.14. The van der Waals surface area contributed by atoms with Gasteiger partial charge < -0.3 is 10.1 Å². The van der Waals surface area contributed by atoms with Crippen LogP contribution in [-0.4, -0.2) is 12.6 Å². The van der Waals surface area contributed by atoms with Crippen molar-refractivity contribution in [2.45, 2.75) is 12.5 Å². The van der Waals surface area contributed by atoms with Gasteiger partial charge in [-0.05, 0) is 51.8 Å². The first-order valence-electron chi connectivity index (χ1n) is 6.37. The van der Waals surface area contributed by atoms with Gasteiger partial charge in [-0.15, -0.1) is 0 Å². The van der Waals surface area contributed by atoms with E-state index in [2.05, 4.69) is 43.2 Å². The third-order valence-electron chi connectivity index (χ3n) is 3.32. The number of halogens is 4. The molecule has 0 radical (unpaired) electrons. The molecular formula is C15H11Br2Cl2NO. The van der Waals surface area contributed by atoms with E-state index in [9.17, 15) is 0 Å². The molecule has 0 aliphatic carbocycles. The minimum absolute atomic E-state index is 0.0905. The summed E-state index contributed by atoms with van der Waals surface area (Å²) in [6.45, 7) is 0.671. The van der Waals surface area contributed by atoms with Crippen molar-refractivity contribution in [1.82, 2.24) is 0 Å². The molecule has 6 heteroatoms. The highest BCUT2D eigenvalue weighted by atomic mass is 79.9. The van der Waals surface area contributed by atoms with Crippen molar-refractivity contribution in [3.05, 3.63) is 54.9 Å². The van der Waals surface area contributed by atoms with Crippen LogP contribution < -0.4 is 10.1 Å². The predicted molar refractivity (Wildman–Crippen MR) is 94.9 cm³/mol. The van der Waals surface area contributed by atoms with Gasteiger partial charge in [0.05, 0.1) is 22.3 Å². The number of fused-ring (bicyclic) bond motifs is 1. The first-order chi connectivity index (χ1) is 10.0. The van der Waals surface area contributed by atoms with Crippen molar-refractivity contribution >= 4 is 60.7 Å². The fraction of sp³-hybridized carbons (Fsp3) is 0.200. The van der Waals surface area contributed by atoms with Crippen molar-refractivity contribution in [3.8, 4) is 5.75 Å². The molecule has 1 unspecified atom stereocenters. The maximum atomic E-state index is 6.22. The summed E-state index contributed by atoms with van der Waals surface area (Å²) in [6, 6.07) is 9.84. The molecule has 0 bridgehead atoms. The smallest absolute Gasteiger partial charge is 0.123 e. The fourth-order valence-corrected chi connectivity index (χ4v) is 3.54. The monoisotopic (exact) mass is 449 g/mol. The summed E-state index contributed by atoms with van der Waals surface area (Å²) in [5, 5.41) is 4.33. The van der Waals surface area contributed by atoms with Gasteiger partial charge in [0.2, 0.25) is 0 Å². The first-order valence-corrected chi connectivity index (χ1v) is 8.71. The molecule has 1 heterocycles. The quantitative estimate of drug-likeness (QED) is 0.583. The Bertz CT molecular complexity index is 694. The third kappa shape index (κ3) is 3.34. The largest absolute Gasteiger partial charge is 0.488 e. The van der Waals surface area contributed by atoms with Crippen LogP contribution >= 0.6 is 55.1 Å². The van der Waals surface area contributed by atoms with Crippen molar-refractivity contribution in [3.63, 3.8) is 0 Å². The molecule has 110 valence electrons. The van der Waals surface area contributed by atoms with E-state index in [4.69, 9.17) is 27.9 Å². The zero-order chi connectivity index (χ0) is 15.0. The Morgan fingerprint density at radius 3 is 2.76 bits per heavy atom. The Balaban J connectivity index is 1.66. The average molecular weight is 452 g/mol. The molecule has 1 aliphatic heterocycles. The van der Waals surface area contributed by atoms with Crippen LogP contribution in [0.15, 0.2) is 39.3 Å². The number of nitrogens with one attached hydrogen (secondary N) is 1. The Labute approximate surface area is 150 Å². The number of anilines is 1. The van der Waals surface area contributed by atoms with E-state index in [1.807, 2.05) is 24.3 Å². The normalized spacial score (nSPS) is 16.5. The number of hydrogen-bond donors (Lipinski definition) is 1. The molecule has 3 rings (SSSR count). The van der Waals surface area contributed by atoms with E-state index in [0.29, 0.717) is 16.6 Å².